The SMILES string of the molecule is O=C(Nc1cc2cc[nH]c2cn1)C1CCCn2cc(C(F)(F)F)nc21. The number of H-pyrrole nitrogens is 1. The minimum absolute atomic E-state index is 0.152. The molecule has 6 nitrogen and oxygen atoms in total. The second-order valence-electron chi connectivity index (χ2n) is 5.99. The highest BCUT2D eigenvalue weighted by Gasteiger charge is 2.38. The van der Waals surface area contributed by atoms with Gasteiger partial charge >= 0.3 is 6.18 Å². The van der Waals surface area contributed by atoms with Crippen molar-refractivity contribution in [1.29, 1.82) is 0 Å². The van der Waals surface area contributed by atoms with Gasteiger partial charge in [0.15, 0.2) is 5.69 Å². The fourth-order valence-corrected chi connectivity index (χ4v) is 3.10. The van der Waals surface area contributed by atoms with E-state index in [0.29, 0.717) is 25.2 Å². The first kappa shape index (κ1) is 15.7. The van der Waals surface area contributed by atoms with Crippen LogP contribution in [0.1, 0.15) is 30.3 Å². The summed E-state index contributed by atoms with van der Waals surface area (Å²) in [6, 6.07) is 3.55. The molecule has 4 heterocycles. The topological polar surface area (TPSA) is 75.6 Å². The molecule has 0 radical (unpaired) electrons. The number of hydrogen-bond acceptors (Lipinski definition) is 3. The third-order valence-corrected chi connectivity index (χ3v) is 4.31. The maximum Gasteiger partial charge on any atom is 0.434 e. The number of aromatic amines is 1. The summed E-state index contributed by atoms with van der Waals surface area (Å²) in [6.45, 7) is 0.426. The predicted molar refractivity (Wildman–Crippen MR) is 83.9 cm³/mol. The van der Waals surface area contributed by atoms with Crippen LogP contribution < -0.4 is 5.32 Å². The van der Waals surface area contributed by atoms with Crippen molar-refractivity contribution in [2.75, 3.05) is 5.32 Å². The van der Waals surface area contributed by atoms with Gasteiger partial charge in [0.05, 0.1) is 17.6 Å². The fraction of sp³-hybridized carbons (Fsp3) is 0.312. The number of fused-ring (bicyclic) bond motifs is 2. The first-order chi connectivity index (χ1) is 11.9. The van der Waals surface area contributed by atoms with Gasteiger partial charge in [0.1, 0.15) is 11.6 Å². The van der Waals surface area contributed by atoms with E-state index in [1.54, 1.807) is 18.5 Å². The average Bonchev–Trinajstić information content (AvgIpc) is 3.19. The van der Waals surface area contributed by atoms with E-state index in [1.165, 1.54) is 4.57 Å². The number of nitrogens with zero attached hydrogens (tertiary/aromatic N) is 3. The van der Waals surface area contributed by atoms with Crippen LogP contribution in [0.5, 0.6) is 0 Å². The van der Waals surface area contributed by atoms with Gasteiger partial charge in [0.25, 0.3) is 0 Å². The Kier molecular flexibility index (Phi) is 3.52. The van der Waals surface area contributed by atoms with Gasteiger partial charge < -0.3 is 14.9 Å². The van der Waals surface area contributed by atoms with Crippen LogP contribution in [-0.4, -0.2) is 25.4 Å². The van der Waals surface area contributed by atoms with Gasteiger partial charge in [0.2, 0.25) is 5.91 Å². The van der Waals surface area contributed by atoms with Crippen molar-refractivity contribution in [2.45, 2.75) is 31.5 Å². The van der Waals surface area contributed by atoms with Gasteiger partial charge in [-0.1, -0.05) is 0 Å². The van der Waals surface area contributed by atoms with E-state index in [0.717, 1.165) is 17.1 Å². The molecule has 0 aliphatic carbocycles. The molecule has 3 aromatic rings. The summed E-state index contributed by atoms with van der Waals surface area (Å²) >= 11 is 0. The molecule has 1 unspecified atom stereocenters. The molecule has 0 bridgehead atoms. The molecule has 0 aromatic carbocycles. The van der Waals surface area contributed by atoms with E-state index in [1.807, 2.05) is 6.07 Å². The molecule has 1 aliphatic rings. The van der Waals surface area contributed by atoms with Crippen LogP contribution in [0.4, 0.5) is 19.0 Å². The number of nitrogens with one attached hydrogen (secondary N) is 2. The Labute approximate surface area is 140 Å². The van der Waals surface area contributed by atoms with Gasteiger partial charge in [-0.15, -0.1) is 0 Å². The van der Waals surface area contributed by atoms with Crippen molar-refractivity contribution < 1.29 is 18.0 Å². The van der Waals surface area contributed by atoms with Gasteiger partial charge in [0, 0.05) is 24.3 Å². The highest BCUT2D eigenvalue weighted by molar-refractivity contribution is 5.96. The smallest absolute Gasteiger partial charge is 0.360 e. The van der Waals surface area contributed by atoms with Crippen molar-refractivity contribution in [3.8, 4) is 0 Å². The van der Waals surface area contributed by atoms with Crippen LogP contribution in [0.15, 0.2) is 30.7 Å². The summed E-state index contributed by atoms with van der Waals surface area (Å²) in [7, 11) is 0. The Morgan fingerprint density at radius 3 is 3.04 bits per heavy atom. The number of aromatic nitrogens is 4. The molecule has 25 heavy (non-hydrogen) atoms. The second-order valence-corrected chi connectivity index (χ2v) is 5.99. The Balaban J connectivity index is 1.59. The van der Waals surface area contributed by atoms with Crippen molar-refractivity contribution >= 4 is 22.6 Å². The summed E-state index contributed by atoms with van der Waals surface area (Å²) in [5.41, 5.74) is -0.130. The highest BCUT2D eigenvalue weighted by Crippen LogP contribution is 2.34. The summed E-state index contributed by atoms with van der Waals surface area (Å²) in [4.78, 5) is 23.4. The van der Waals surface area contributed by atoms with Crippen LogP contribution in [0.25, 0.3) is 10.9 Å². The van der Waals surface area contributed by atoms with Gasteiger partial charge in [-0.25, -0.2) is 9.97 Å². The zero-order valence-electron chi connectivity index (χ0n) is 13.0. The lowest BCUT2D eigenvalue weighted by Crippen LogP contribution is -2.27. The molecule has 0 saturated heterocycles. The molecule has 1 amide bonds. The third-order valence-electron chi connectivity index (χ3n) is 4.31. The number of hydrogen-bond donors (Lipinski definition) is 2. The molecule has 3 aromatic heterocycles. The lowest BCUT2D eigenvalue weighted by Gasteiger charge is -2.22. The number of carbonyl (C=O) groups is 1. The van der Waals surface area contributed by atoms with Crippen LogP contribution in [-0.2, 0) is 17.5 Å². The average molecular weight is 349 g/mol. The van der Waals surface area contributed by atoms with Gasteiger partial charge in [-0.3, -0.25) is 4.79 Å². The monoisotopic (exact) mass is 349 g/mol. The first-order valence-electron chi connectivity index (χ1n) is 7.80. The lowest BCUT2D eigenvalue weighted by atomic mass is 9.98. The van der Waals surface area contributed by atoms with Crippen molar-refractivity contribution in [3.05, 3.63) is 42.2 Å². The van der Waals surface area contributed by atoms with E-state index in [-0.39, 0.29) is 5.82 Å². The molecule has 4 rings (SSSR count). The molecule has 9 heteroatoms. The van der Waals surface area contributed by atoms with E-state index in [9.17, 15) is 18.0 Å². The Bertz CT molecular complexity index is 943. The maximum absolute atomic E-state index is 12.9. The standard InChI is InChI=1S/C16H14F3N5O/c17-16(18,19)12-8-24-5-1-2-10(14(24)22-12)15(25)23-13-6-9-3-4-20-11(9)7-21-13/h3-4,6-8,10,20H,1-2,5H2,(H,21,23,25). The number of rotatable bonds is 2. The quantitative estimate of drug-likeness (QED) is 0.745. The number of halogens is 3. The number of imidazole rings is 1. The first-order valence-corrected chi connectivity index (χ1v) is 7.80. The van der Waals surface area contributed by atoms with Crippen LogP contribution in [0, 0.1) is 0 Å². The van der Waals surface area contributed by atoms with E-state index < -0.39 is 23.7 Å². The molecular weight excluding hydrogens is 335 g/mol. The summed E-state index contributed by atoms with van der Waals surface area (Å²) in [5.74, 6) is -0.619. The zero-order chi connectivity index (χ0) is 17.6. The second kappa shape index (κ2) is 5.61. The van der Waals surface area contributed by atoms with Crippen LogP contribution in [0.2, 0.25) is 0 Å². The summed E-state index contributed by atoms with van der Waals surface area (Å²) < 4.78 is 40.0. The van der Waals surface area contributed by atoms with Crippen molar-refractivity contribution in [1.82, 2.24) is 19.5 Å². The van der Waals surface area contributed by atoms with Gasteiger partial charge in [-0.2, -0.15) is 13.2 Å². The van der Waals surface area contributed by atoms with Crippen molar-refractivity contribution in [2.24, 2.45) is 0 Å². The van der Waals surface area contributed by atoms with E-state index in [4.69, 9.17) is 0 Å². The minimum Gasteiger partial charge on any atom is -0.360 e. The number of pyridine rings is 1. The molecule has 0 fully saturated rings. The molecule has 0 saturated carbocycles. The summed E-state index contributed by atoms with van der Waals surface area (Å²) in [6.07, 6.45) is 0.865. The molecule has 1 atom stereocenters. The number of carbonyl (C=O) groups excluding carboxylic acids is 1. The predicted octanol–water partition coefficient (Wildman–Crippen LogP) is 3.29. The van der Waals surface area contributed by atoms with Crippen LogP contribution in [0.3, 0.4) is 0 Å². The fourth-order valence-electron chi connectivity index (χ4n) is 3.10. The largest absolute Gasteiger partial charge is 0.434 e. The Morgan fingerprint density at radius 2 is 2.24 bits per heavy atom. The number of aryl methyl sites for hydroxylation is 1. The maximum atomic E-state index is 12.9. The minimum atomic E-state index is -4.52. The van der Waals surface area contributed by atoms with E-state index in [2.05, 4.69) is 20.3 Å². The normalized spacial score (nSPS) is 17.5. The molecule has 0 spiro atoms. The number of amides is 1. The molecule has 1 aliphatic heterocycles. The third kappa shape index (κ3) is 2.86. The Morgan fingerprint density at radius 1 is 1.40 bits per heavy atom. The lowest BCUT2D eigenvalue weighted by molar-refractivity contribution is -0.141. The number of anilines is 1. The molecular formula is C16H14F3N5O. The van der Waals surface area contributed by atoms with E-state index >= 15 is 0 Å². The Hall–Kier alpha value is -2.84. The van der Waals surface area contributed by atoms with Gasteiger partial charge in [-0.05, 0) is 25.0 Å². The zero-order valence-corrected chi connectivity index (χ0v) is 13.0. The number of alkyl halides is 3. The van der Waals surface area contributed by atoms with Crippen LogP contribution >= 0.6 is 0 Å². The summed E-state index contributed by atoms with van der Waals surface area (Å²) in [5, 5.41) is 3.57. The molecule has 130 valence electrons. The highest BCUT2D eigenvalue weighted by atomic mass is 19.4. The van der Waals surface area contributed by atoms with Crippen molar-refractivity contribution in [3.63, 3.8) is 0 Å². The molecule has 2 N–H and O–H groups in total.